The van der Waals surface area contributed by atoms with Gasteiger partial charge in [-0.25, -0.2) is 0 Å². The van der Waals surface area contributed by atoms with Crippen LogP contribution in [-0.4, -0.2) is 19.4 Å². The lowest BCUT2D eigenvalue weighted by Crippen LogP contribution is -2.19. The van der Waals surface area contributed by atoms with Gasteiger partial charge in [0.05, 0.1) is 18.9 Å². The average Bonchev–Trinajstić information content (AvgIpc) is 2.84. The Morgan fingerprint density at radius 3 is 3.06 bits per heavy atom. The third kappa shape index (κ3) is 2.46. The molecule has 1 aromatic rings. The molecule has 0 aliphatic carbocycles. The molecule has 4 heteroatoms. The fourth-order valence-electron chi connectivity index (χ4n) is 2.62. The predicted octanol–water partition coefficient (Wildman–Crippen LogP) is 3.49. The van der Waals surface area contributed by atoms with Gasteiger partial charge in [-0.3, -0.25) is 0 Å². The third-order valence-electron chi connectivity index (χ3n) is 3.55. The van der Waals surface area contributed by atoms with Crippen LogP contribution in [0.25, 0.3) is 0 Å². The van der Waals surface area contributed by atoms with E-state index in [0.29, 0.717) is 6.04 Å². The first-order valence-electron chi connectivity index (χ1n) is 6.55. The molecule has 3 rings (SSSR count). The van der Waals surface area contributed by atoms with Gasteiger partial charge in [-0.1, -0.05) is 0 Å². The van der Waals surface area contributed by atoms with Crippen LogP contribution in [0.15, 0.2) is 17.9 Å². The number of ether oxygens (including phenoxy) is 1. The molecule has 0 spiro atoms. The summed E-state index contributed by atoms with van der Waals surface area (Å²) in [5, 5.41) is 3.45. The van der Waals surface area contributed by atoms with Gasteiger partial charge in [0.1, 0.15) is 0 Å². The normalized spacial score (nSPS) is 20.8. The zero-order valence-corrected chi connectivity index (χ0v) is 12.3. The first-order valence-corrected chi connectivity index (χ1v) is 8.52. The Balaban J connectivity index is 1.86. The predicted molar refractivity (Wildman–Crippen MR) is 79.3 cm³/mol. The molecule has 2 nitrogen and oxygen atoms in total. The minimum absolute atomic E-state index is 0.353. The number of thioether (sulfide) groups is 1. The highest BCUT2D eigenvalue weighted by atomic mass is 32.2. The molecule has 0 bridgehead atoms. The Morgan fingerprint density at radius 2 is 2.33 bits per heavy atom. The van der Waals surface area contributed by atoms with Gasteiger partial charge in [-0.2, -0.15) is 11.8 Å². The molecule has 1 aromatic heterocycles. The lowest BCUT2D eigenvalue weighted by molar-refractivity contribution is 0.220. The zero-order chi connectivity index (χ0) is 12.4. The van der Waals surface area contributed by atoms with E-state index >= 15 is 0 Å². The van der Waals surface area contributed by atoms with Crippen molar-refractivity contribution in [3.05, 3.63) is 33.2 Å². The van der Waals surface area contributed by atoms with E-state index in [1.807, 2.05) is 24.6 Å². The van der Waals surface area contributed by atoms with Gasteiger partial charge in [0.2, 0.25) is 0 Å². The number of nitrogens with one attached hydrogen (secondary N) is 1. The standard InChI is InChI=1S/C14H19NOS2/c1-15-14(10-3-2-5-16-8-10)13-7-11-9-17-6-4-12(11)18-13/h7-8,14-15H,2-6,9H2,1H3. The molecule has 0 saturated carbocycles. The van der Waals surface area contributed by atoms with E-state index in [2.05, 4.69) is 23.1 Å². The summed E-state index contributed by atoms with van der Waals surface area (Å²) in [5.74, 6) is 2.47. The Bertz CT molecular complexity index is 429. The number of rotatable bonds is 3. The smallest absolute Gasteiger partial charge is 0.0876 e. The summed E-state index contributed by atoms with van der Waals surface area (Å²) in [6.45, 7) is 0.873. The zero-order valence-electron chi connectivity index (χ0n) is 10.7. The van der Waals surface area contributed by atoms with Crippen molar-refractivity contribution in [1.29, 1.82) is 0 Å². The molecule has 0 aromatic carbocycles. The first kappa shape index (κ1) is 12.6. The van der Waals surface area contributed by atoms with Gasteiger partial charge in [0.15, 0.2) is 0 Å². The molecular weight excluding hydrogens is 262 g/mol. The largest absolute Gasteiger partial charge is 0.501 e. The van der Waals surface area contributed by atoms with E-state index in [-0.39, 0.29) is 0 Å². The second kappa shape index (κ2) is 5.68. The number of thiophene rings is 1. The van der Waals surface area contributed by atoms with E-state index in [9.17, 15) is 0 Å². The van der Waals surface area contributed by atoms with Crippen LogP contribution >= 0.6 is 23.1 Å². The van der Waals surface area contributed by atoms with Crippen molar-refractivity contribution in [2.75, 3.05) is 19.4 Å². The van der Waals surface area contributed by atoms with Crippen LogP contribution < -0.4 is 5.32 Å². The molecule has 0 amide bonds. The van der Waals surface area contributed by atoms with Crippen LogP contribution in [0.3, 0.4) is 0 Å². The maximum atomic E-state index is 5.49. The Kier molecular flexibility index (Phi) is 3.97. The van der Waals surface area contributed by atoms with Crippen molar-refractivity contribution in [2.45, 2.75) is 31.1 Å². The summed E-state index contributed by atoms with van der Waals surface area (Å²) < 4.78 is 5.49. The lowest BCUT2D eigenvalue weighted by Gasteiger charge is -2.21. The summed E-state index contributed by atoms with van der Waals surface area (Å²) in [7, 11) is 2.05. The summed E-state index contributed by atoms with van der Waals surface area (Å²) in [4.78, 5) is 3.06. The monoisotopic (exact) mass is 281 g/mol. The third-order valence-corrected chi connectivity index (χ3v) is 5.86. The number of fused-ring (bicyclic) bond motifs is 1. The highest BCUT2D eigenvalue weighted by Gasteiger charge is 2.22. The van der Waals surface area contributed by atoms with Crippen LogP contribution in [-0.2, 0) is 16.9 Å². The summed E-state index contributed by atoms with van der Waals surface area (Å²) in [5.41, 5.74) is 2.96. The van der Waals surface area contributed by atoms with Gasteiger partial charge in [-0.05, 0) is 49.3 Å². The SMILES string of the molecule is CNC(C1=COCCC1)c1cc2c(s1)CCSC2. The van der Waals surface area contributed by atoms with Gasteiger partial charge in [0, 0.05) is 15.5 Å². The van der Waals surface area contributed by atoms with Crippen molar-refractivity contribution in [3.63, 3.8) is 0 Å². The van der Waals surface area contributed by atoms with Crippen LogP contribution in [0.1, 0.15) is 34.2 Å². The fraction of sp³-hybridized carbons (Fsp3) is 0.571. The molecule has 0 saturated heterocycles. The lowest BCUT2D eigenvalue weighted by atomic mass is 10.0. The molecule has 0 radical (unpaired) electrons. The fourth-order valence-corrected chi connectivity index (χ4v) is 5.15. The molecular formula is C14H19NOS2. The second-order valence-electron chi connectivity index (χ2n) is 4.79. The first-order chi connectivity index (χ1) is 8.88. The van der Waals surface area contributed by atoms with Crippen molar-refractivity contribution >= 4 is 23.1 Å². The van der Waals surface area contributed by atoms with Crippen LogP contribution in [0.5, 0.6) is 0 Å². The molecule has 1 unspecified atom stereocenters. The topological polar surface area (TPSA) is 21.3 Å². The van der Waals surface area contributed by atoms with Crippen molar-refractivity contribution in [1.82, 2.24) is 5.32 Å². The highest BCUT2D eigenvalue weighted by Crippen LogP contribution is 2.37. The number of hydrogen-bond acceptors (Lipinski definition) is 4. The van der Waals surface area contributed by atoms with Gasteiger partial charge in [-0.15, -0.1) is 11.3 Å². The van der Waals surface area contributed by atoms with E-state index in [1.54, 1.807) is 10.4 Å². The van der Waals surface area contributed by atoms with E-state index < -0.39 is 0 Å². The maximum Gasteiger partial charge on any atom is 0.0876 e. The molecule has 3 heterocycles. The van der Waals surface area contributed by atoms with Crippen molar-refractivity contribution in [2.24, 2.45) is 0 Å². The Morgan fingerprint density at radius 1 is 1.39 bits per heavy atom. The molecule has 2 aliphatic rings. The molecule has 0 fully saturated rings. The average molecular weight is 281 g/mol. The molecule has 98 valence electrons. The maximum absolute atomic E-state index is 5.49. The van der Waals surface area contributed by atoms with Crippen molar-refractivity contribution in [3.8, 4) is 0 Å². The summed E-state index contributed by atoms with van der Waals surface area (Å²) >= 11 is 4.04. The van der Waals surface area contributed by atoms with Gasteiger partial charge < -0.3 is 10.1 Å². The molecule has 1 atom stereocenters. The van der Waals surface area contributed by atoms with E-state index in [4.69, 9.17) is 4.74 Å². The van der Waals surface area contributed by atoms with Crippen LogP contribution in [0.4, 0.5) is 0 Å². The number of likely N-dealkylation sites (N-methyl/N-ethyl adjacent to an activating group) is 1. The second-order valence-corrected chi connectivity index (χ2v) is 7.06. The van der Waals surface area contributed by atoms with E-state index in [1.165, 1.54) is 28.4 Å². The van der Waals surface area contributed by atoms with Crippen LogP contribution in [0, 0.1) is 0 Å². The Labute approximate surface area is 117 Å². The summed E-state index contributed by atoms with van der Waals surface area (Å²) in [6.07, 6.45) is 5.52. The molecule has 18 heavy (non-hydrogen) atoms. The molecule has 1 N–H and O–H groups in total. The Hall–Kier alpha value is -0.450. The summed E-state index contributed by atoms with van der Waals surface area (Å²) in [6, 6.07) is 2.76. The van der Waals surface area contributed by atoms with Gasteiger partial charge in [0.25, 0.3) is 0 Å². The number of hydrogen-bond donors (Lipinski definition) is 1. The minimum Gasteiger partial charge on any atom is -0.501 e. The minimum atomic E-state index is 0.353. The van der Waals surface area contributed by atoms with Gasteiger partial charge >= 0.3 is 0 Å². The highest BCUT2D eigenvalue weighted by molar-refractivity contribution is 7.98. The van der Waals surface area contributed by atoms with E-state index in [0.717, 1.165) is 19.4 Å². The van der Waals surface area contributed by atoms with Crippen LogP contribution in [0.2, 0.25) is 0 Å². The molecule has 2 aliphatic heterocycles. The number of aryl methyl sites for hydroxylation is 1. The van der Waals surface area contributed by atoms with Crippen molar-refractivity contribution < 1.29 is 4.74 Å². The quantitative estimate of drug-likeness (QED) is 0.916.